The first kappa shape index (κ1) is 26.7. The summed E-state index contributed by atoms with van der Waals surface area (Å²) in [5.74, 6) is 1.96. The van der Waals surface area contributed by atoms with Crippen LogP contribution in [0.3, 0.4) is 0 Å². The van der Waals surface area contributed by atoms with Crippen LogP contribution in [0, 0.1) is 6.92 Å². The van der Waals surface area contributed by atoms with Crippen molar-refractivity contribution < 1.29 is 14.0 Å². The van der Waals surface area contributed by atoms with E-state index in [0.717, 1.165) is 46.3 Å². The van der Waals surface area contributed by atoms with Crippen molar-refractivity contribution in [1.82, 2.24) is 20.2 Å². The van der Waals surface area contributed by atoms with Crippen LogP contribution in [0.15, 0.2) is 95.5 Å². The molecule has 0 bridgehead atoms. The topological polar surface area (TPSA) is 102 Å². The van der Waals surface area contributed by atoms with Crippen molar-refractivity contribution in [2.24, 2.45) is 0 Å². The minimum Gasteiger partial charge on any atom is -0.455 e. The quantitative estimate of drug-likeness (QED) is 0.177. The van der Waals surface area contributed by atoms with E-state index in [2.05, 4.69) is 15.2 Å². The highest BCUT2D eigenvalue weighted by Gasteiger charge is 2.49. The lowest BCUT2D eigenvalue weighted by Gasteiger charge is -2.13. The molecule has 1 fully saturated rings. The number of hydrogen-bond acceptors (Lipinski definition) is 6. The molecule has 0 radical (unpaired) electrons. The van der Waals surface area contributed by atoms with Gasteiger partial charge in [0.2, 0.25) is 0 Å². The van der Waals surface area contributed by atoms with Crippen LogP contribution in [0.2, 0.25) is 0 Å². The SMILES string of the molecule is CCC(=O)c1c(-c2ccccc2)oc2ccc(-c3cc(C(=O)CC4(c5nc(-c6ccccn6)n[nH]5)CC4)ccc3C)cc12. The van der Waals surface area contributed by atoms with E-state index in [1.54, 1.807) is 6.20 Å². The Bertz CT molecular complexity index is 1990. The number of fused-ring (bicyclic) bond motifs is 1. The zero-order valence-electron chi connectivity index (χ0n) is 24.1. The van der Waals surface area contributed by atoms with Gasteiger partial charge in [0.25, 0.3) is 0 Å². The normalized spacial score (nSPS) is 13.7. The maximum atomic E-state index is 13.7. The third kappa shape index (κ3) is 4.87. The number of pyridine rings is 1. The highest BCUT2D eigenvalue weighted by molar-refractivity contribution is 6.12. The maximum Gasteiger partial charge on any atom is 0.199 e. The van der Waals surface area contributed by atoms with Crippen molar-refractivity contribution in [3.63, 3.8) is 0 Å². The Morgan fingerprint density at radius 2 is 1.72 bits per heavy atom. The van der Waals surface area contributed by atoms with Gasteiger partial charge in [-0.1, -0.05) is 61.5 Å². The first-order chi connectivity index (χ1) is 21.0. The van der Waals surface area contributed by atoms with Crippen molar-refractivity contribution >= 4 is 22.5 Å². The summed E-state index contributed by atoms with van der Waals surface area (Å²) in [5.41, 5.74) is 6.08. The van der Waals surface area contributed by atoms with Gasteiger partial charge in [-0.25, -0.2) is 4.98 Å². The van der Waals surface area contributed by atoms with Crippen LogP contribution >= 0.6 is 0 Å². The molecular formula is C36H30N4O3. The van der Waals surface area contributed by atoms with Crippen LogP contribution in [0.1, 0.15) is 64.7 Å². The number of Topliss-reactive ketones (excluding diaryl/α,β-unsaturated/α-hetero) is 2. The second kappa shape index (κ2) is 10.6. The van der Waals surface area contributed by atoms with Gasteiger partial charge >= 0.3 is 0 Å². The molecule has 0 atom stereocenters. The van der Waals surface area contributed by atoms with Crippen LogP contribution in [0.5, 0.6) is 0 Å². The number of H-pyrrole nitrogens is 1. The molecule has 7 rings (SSSR count). The zero-order valence-corrected chi connectivity index (χ0v) is 24.1. The van der Waals surface area contributed by atoms with Gasteiger partial charge in [0.1, 0.15) is 22.9 Å². The number of nitrogens with zero attached hydrogens (tertiary/aromatic N) is 3. The average molecular weight is 567 g/mol. The van der Waals surface area contributed by atoms with E-state index in [4.69, 9.17) is 9.40 Å². The number of carbonyl (C=O) groups excluding carboxylic acids is 2. The molecule has 7 nitrogen and oxygen atoms in total. The number of hydrogen-bond donors (Lipinski definition) is 1. The molecule has 43 heavy (non-hydrogen) atoms. The largest absolute Gasteiger partial charge is 0.455 e. The molecule has 0 amide bonds. The third-order valence-electron chi connectivity index (χ3n) is 8.43. The minimum atomic E-state index is -0.332. The number of aromatic amines is 1. The van der Waals surface area contributed by atoms with Crippen molar-refractivity contribution in [2.75, 3.05) is 0 Å². The van der Waals surface area contributed by atoms with Crippen LogP contribution in [-0.2, 0) is 5.41 Å². The lowest BCUT2D eigenvalue weighted by molar-refractivity contribution is 0.0965. The fraction of sp³-hybridized carbons (Fsp3) is 0.194. The van der Waals surface area contributed by atoms with Crippen LogP contribution < -0.4 is 0 Å². The predicted molar refractivity (Wildman–Crippen MR) is 166 cm³/mol. The Morgan fingerprint density at radius 1 is 0.907 bits per heavy atom. The molecule has 3 aromatic heterocycles. The third-order valence-corrected chi connectivity index (χ3v) is 8.43. The molecule has 0 spiro atoms. The molecule has 1 saturated carbocycles. The average Bonchev–Trinajstić information content (AvgIpc) is 3.46. The molecule has 212 valence electrons. The Hall–Kier alpha value is -5.17. The molecule has 0 saturated heterocycles. The summed E-state index contributed by atoms with van der Waals surface area (Å²) in [7, 11) is 0. The van der Waals surface area contributed by atoms with E-state index in [-0.39, 0.29) is 17.0 Å². The summed E-state index contributed by atoms with van der Waals surface area (Å²) in [6.45, 7) is 3.90. The zero-order chi connectivity index (χ0) is 29.6. The number of carbonyl (C=O) groups is 2. The summed E-state index contributed by atoms with van der Waals surface area (Å²) >= 11 is 0. The van der Waals surface area contributed by atoms with Gasteiger partial charge in [-0.15, -0.1) is 0 Å². The fourth-order valence-electron chi connectivity index (χ4n) is 5.78. The molecule has 0 aliphatic heterocycles. The summed E-state index contributed by atoms with van der Waals surface area (Å²) in [4.78, 5) is 35.9. The van der Waals surface area contributed by atoms with Gasteiger partial charge in [-0.2, -0.15) is 5.10 Å². The lowest BCUT2D eigenvalue weighted by Crippen LogP contribution is -2.15. The van der Waals surface area contributed by atoms with Gasteiger partial charge < -0.3 is 4.42 Å². The summed E-state index contributed by atoms with van der Waals surface area (Å²) < 4.78 is 6.23. The van der Waals surface area contributed by atoms with Gasteiger partial charge in [-0.3, -0.25) is 19.7 Å². The lowest BCUT2D eigenvalue weighted by atomic mass is 9.91. The second-order valence-corrected chi connectivity index (χ2v) is 11.3. The molecule has 1 N–H and O–H groups in total. The molecule has 3 aromatic carbocycles. The second-order valence-electron chi connectivity index (χ2n) is 11.3. The number of rotatable bonds is 9. The highest BCUT2D eigenvalue weighted by atomic mass is 16.3. The van der Waals surface area contributed by atoms with E-state index >= 15 is 0 Å². The molecule has 0 unspecified atom stereocenters. The number of benzene rings is 3. The van der Waals surface area contributed by atoms with Gasteiger partial charge in [0.15, 0.2) is 17.4 Å². The number of aryl methyl sites for hydroxylation is 1. The number of furan rings is 1. The van der Waals surface area contributed by atoms with Crippen LogP contribution in [0.25, 0.3) is 44.9 Å². The predicted octanol–water partition coefficient (Wildman–Crippen LogP) is 8.15. The monoisotopic (exact) mass is 566 g/mol. The molecule has 1 aliphatic carbocycles. The number of aromatic nitrogens is 4. The van der Waals surface area contributed by atoms with E-state index in [0.29, 0.717) is 46.8 Å². The van der Waals surface area contributed by atoms with Crippen LogP contribution in [0.4, 0.5) is 0 Å². The van der Waals surface area contributed by atoms with Gasteiger partial charge in [-0.05, 0) is 66.8 Å². The summed E-state index contributed by atoms with van der Waals surface area (Å²) in [6, 6.07) is 27.1. The number of nitrogens with one attached hydrogen (secondary N) is 1. The first-order valence-electron chi connectivity index (χ1n) is 14.6. The van der Waals surface area contributed by atoms with Crippen molar-refractivity contribution in [3.8, 4) is 34.0 Å². The van der Waals surface area contributed by atoms with Crippen molar-refractivity contribution in [3.05, 3.63) is 114 Å². The van der Waals surface area contributed by atoms with Gasteiger partial charge in [0.05, 0.1) is 5.56 Å². The number of ketones is 2. The Balaban J connectivity index is 1.21. The minimum absolute atomic E-state index is 0.0313. The fourth-order valence-corrected chi connectivity index (χ4v) is 5.78. The maximum absolute atomic E-state index is 13.7. The molecular weight excluding hydrogens is 536 g/mol. The van der Waals surface area contributed by atoms with E-state index < -0.39 is 0 Å². The first-order valence-corrected chi connectivity index (χ1v) is 14.6. The molecule has 1 aliphatic rings. The molecule has 7 heteroatoms. The highest BCUT2D eigenvalue weighted by Crippen LogP contribution is 2.50. The van der Waals surface area contributed by atoms with Crippen LogP contribution in [-0.4, -0.2) is 31.7 Å². The molecule has 6 aromatic rings. The standard InChI is InChI=1S/C36H30N4O3/c1-3-29(41)32-27-19-24(14-15-31(27)43-33(32)23-9-5-4-6-10-23)26-20-25(13-12-22(26)2)30(42)21-36(16-17-36)35-38-34(39-40-35)28-11-7-8-18-37-28/h4-15,18-20H,3,16-17,21H2,1-2H3,(H,38,39,40). The Labute approximate surface area is 249 Å². The summed E-state index contributed by atoms with van der Waals surface area (Å²) in [5, 5.41) is 8.22. The Kier molecular flexibility index (Phi) is 6.58. The summed E-state index contributed by atoms with van der Waals surface area (Å²) in [6.07, 6.45) is 4.19. The van der Waals surface area contributed by atoms with Gasteiger partial charge in [0, 0.05) is 41.0 Å². The van der Waals surface area contributed by atoms with E-state index in [1.807, 2.05) is 98.8 Å². The Morgan fingerprint density at radius 3 is 2.47 bits per heavy atom. The van der Waals surface area contributed by atoms with E-state index in [9.17, 15) is 9.59 Å². The molecule has 3 heterocycles. The van der Waals surface area contributed by atoms with Crippen molar-refractivity contribution in [1.29, 1.82) is 0 Å². The van der Waals surface area contributed by atoms with E-state index in [1.165, 1.54) is 0 Å². The van der Waals surface area contributed by atoms with Crippen molar-refractivity contribution in [2.45, 2.75) is 44.9 Å². The smallest absolute Gasteiger partial charge is 0.199 e.